The first-order valence-electron chi connectivity index (χ1n) is 12.4. The van der Waals surface area contributed by atoms with Crippen LogP contribution in [0.5, 0.6) is 0 Å². The van der Waals surface area contributed by atoms with Gasteiger partial charge in [0, 0.05) is 12.1 Å². The number of nitrogens with zero attached hydrogens (tertiary/aromatic N) is 2. The van der Waals surface area contributed by atoms with E-state index in [-0.39, 0.29) is 48.5 Å². The fourth-order valence-electron chi connectivity index (χ4n) is 4.95. The highest BCUT2D eigenvalue weighted by Gasteiger charge is 2.41. The van der Waals surface area contributed by atoms with Gasteiger partial charge in [0.05, 0.1) is 0 Å². The summed E-state index contributed by atoms with van der Waals surface area (Å²) in [5.74, 6) is -23.7. The van der Waals surface area contributed by atoms with Gasteiger partial charge in [-0.15, -0.1) is 0 Å². The second kappa shape index (κ2) is 13.1. The van der Waals surface area contributed by atoms with Crippen LogP contribution >= 0.6 is 0 Å². The van der Waals surface area contributed by atoms with Crippen molar-refractivity contribution >= 4 is 36.5 Å². The molecule has 5 rings (SSSR count). The molecule has 0 aliphatic carbocycles. The van der Waals surface area contributed by atoms with E-state index in [1.54, 1.807) is 12.1 Å². The lowest BCUT2D eigenvalue weighted by Crippen LogP contribution is -2.75. The first kappa shape index (κ1) is 33.1. The Kier molecular flexibility index (Phi) is 9.61. The van der Waals surface area contributed by atoms with Gasteiger partial charge in [-0.1, -0.05) is 66.7 Å². The lowest BCUT2D eigenvalue weighted by molar-refractivity contribution is 0.447. The van der Waals surface area contributed by atoms with Gasteiger partial charge in [-0.3, -0.25) is 0 Å². The Hall–Kier alpha value is -4.79. The maximum Gasteiger partial charge on any atom is 0.385 e. The van der Waals surface area contributed by atoms with Gasteiger partial charge in [-0.05, 0) is 0 Å². The predicted octanol–water partition coefficient (Wildman–Crippen LogP) is 6.90. The van der Waals surface area contributed by atoms with Gasteiger partial charge in [-0.25, -0.2) is 70.4 Å². The Morgan fingerprint density at radius 1 is 0.378 bits per heavy atom. The zero-order chi connectivity index (χ0) is 33.2. The van der Waals surface area contributed by atoms with Crippen LogP contribution in [0.15, 0.2) is 78.9 Å². The summed E-state index contributed by atoms with van der Waals surface area (Å²) in [5, 5.41) is 8.16. The third-order valence-electron chi connectivity index (χ3n) is 6.90. The van der Waals surface area contributed by atoms with Gasteiger partial charge < -0.3 is 0 Å². The summed E-state index contributed by atoms with van der Waals surface area (Å²) in [6, 6.07) is 10.7. The maximum absolute atomic E-state index is 14.4. The van der Waals surface area contributed by atoms with Crippen LogP contribution in [0.3, 0.4) is 0 Å². The highest BCUT2D eigenvalue weighted by atomic mass is 27.2. The number of diazo groups is 1. The van der Waals surface area contributed by atoms with Gasteiger partial charge in [0.2, 0.25) is 5.39 Å². The minimum Gasteiger partial charge on any atom is -0.212 e. The molecule has 2 nitrogen and oxygen atoms in total. The molecule has 0 saturated carbocycles. The minimum atomic E-state index is -5.67. The Bertz CT molecular complexity index is 1630. The summed E-state index contributed by atoms with van der Waals surface area (Å²) in [6.07, 6.45) is 0. The molecule has 0 unspecified atom stereocenters. The number of rotatable bonds is 4. The normalized spacial score (nSPS) is 11.1. The third-order valence-corrected chi connectivity index (χ3v) is 12.2. The number of hydrogen-bond acceptors (Lipinski definition) is 1. The fraction of sp³-hybridized carbons (Fsp3) is 0. The van der Waals surface area contributed by atoms with Gasteiger partial charge in [0.1, 0.15) is 0 Å². The molecule has 230 valence electrons. The molecule has 45 heavy (non-hydrogen) atoms. The summed E-state index contributed by atoms with van der Waals surface area (Å²) in [4.78, 5) is 2.97. The molecule has 15 heteroatoms. The average molecular weight is 656 g/mol. The topological polar surface area (TPSA) is 28.1 Å². The van der Waals surface area contributed by atoms with Crippen LogP contribution in [0, 0.1) is 75.2 Å². The minimum absolute atomic E-state index is 0.223. The van der Waals surface area contributed by atoms with Crippen LogP contribution in [0.25, 0.3) is 4.98 Å². The van der Waals surface area contributed by atoms with Crippen LogP contribution < -0.4 is 17.7 Å². The molecule has 0 bridgehead atoms. The molecule has 0 spiro atoms. The van der Waals surface area contributed by atoms with Crippen molar-refractivity contribution in [1.82, 2.24) is 0 Å². The van der Waals surface area contributed by atoms with E-state index in [1.807, 2.05) is 18.2 Å². The highest BCUT2D eigenvalue weighted by molar-refractivity contribution is 7.19. The van der Waals surface area contributed by atoms with E-state index in [9.17, 15) is 52.7 Å². The fourth-order valence-corrected chi connectivity index (χ4v) is 10.4. The van der Waals surface area contributed by atoms with Crippen LogP contribution in [-0.4, -0.2) is 13.1 Å². The molecule has 0 radical (unpaired) electrons. The molecule has 0 saturated heterocycles. The Labute approximate surface area is 248 Å². The summed E-state index contributed by atoms with van der Waals surface area (Å²) in [6.45, 7) is 0. The van der Waals surface area contributed by atoms with E-state index in [0.29, 0.717) is 5.69 Å². The van der Waals surface area contributed by atoms with Crippen molar-refractivity contribution in [3.05, 3.63) is 154 Å². The van der Waals surface area contributed by atoms with Crippen LogP contribution in [0.1, 0.15) is 0 Å². The van der Waals surface area contributed by atoms with Crippen molar-refractivity contribution in [2.75, 3.05) is 0 Å². The monoisotopic (exact) mass is 656 g/mol. The molecule has 0 aliphatic rings. The van der Waals surface area contributed by atoms with Crippen molar-refractivity contribution < 1.29 is 52.7 Å². The van der Waals surface area contributed by atoms with Gasteiger partial charge >= 0.3 is 5.69 Å². The van der Waals surface area contributed by atoms with E-state index in [2.05, 4.69) is 4.98 Å². The maximum atomic E-state index is 14.4. The SMILES string of the molecule is Fc1c[c]([Al-]([c]2cc(F)c(F)c(F)c2)([c]2cc(F)c(F)c(F)c2)[c]2cc(F)c(F)c(F)c2)cc(F)c1F.N#[N+]c1ccccc1. The van der Waals surface area contributed by atoms with E-state index in [4.69, 9.17) is 5.39 Å². The average Bonchev–Trinajstić information content (AvgIpc) is 3.01. The number of hydrogen-bond donors (Lipinski definition) is 0. The van der Waals surface area contributed by atoms with Crippen molar-refractivity contribution in [2.45, 2.75) is 0 Å². The van der Waals surface area contributed by atoms with Crippen molar-refractivity contribution in [2.24, 2.45) is 0 Å². The summed E-state index contributed by atoms with van der Waals surface area (Å²) in [5.41, 5.74) is 0.590. The molecule has 0 amide bonds. The van der Waals surface area contributed by atoms with Gasteiger partial charge in [-0.2, -0.15) is 0 Å². The van der Waals surface area contributed by atoms with Crippen LogP contribution in [-0.2, 0) is 0 Å². The lowest BCUT2D eigenvalue weighted by Gasteiger charge is -2.41. The molecular weight excluding hydrogens is 643 g/mol. The molecule has 0 atom stereocenters. The predicted molar refractivity (Wildman–Crippen MR) is 141 cm³/mol. The summed E-state index contributed by atoms with van der Waals surface area (Å²) < 4.78 is 167. The second-order valence-electron chi connectivity index (χ2n) is 9.50. The smallest absolute Gasteiger partial charge is 0.212 e. The molecule has 0 aromatic heterocycles. The summed E-state index contributed by atoms with van der Waals surface area (Å²) >= 11 is -5.67. The second-order valence-corrected chi connectivity index (χ2v) is 13.9. The first-order valence-corrected chi connectivity index (χ1v) is 14.7. The number of benzene rings is 5. The first-order chi connectivity index (χ1) is 21.2. The van der Waals surface area contributed by atoms with Crippen molar-refractivity contribution in [3.8, 4) is 0 Å². The third kappa shape index (κ3) is 6.25. The Morgan fingerprint density at radius 2 is 0.600 bits per heavy atom. The van der Waals surface area contributed by atoms with Gasteiger partial charge in [0.25, 0.3) is 13.1 Å². The van der Waals surface area contributed by atoms with Crippen molar-refractivity contribution in [3.63, 3.8) is 0 Å². The zero-order valence-corrected chi connectivity index (χ0v) is 23.2. The zero-order valence-electron chi connectivity index (χ0n) is 22.0. The van der Waals surface area contributed by atoms with Crippen LogP contribution in [0.2, 0.25) is 0 Å². The lowest BCUT2D eigenvalue weighted by atomic mass is 10.3. The molecule has 5 aromatic rings. The highest BCUT2D eigenvalue weighted by Crippen LogP contribution is 2.21. The molecular formula is C30H13AlF12N2. The van der Waals surface area contributed by atoms with E-state index < -0.39 is 101 Å². The van der Waals surface area contributed by atoms with Gasteiger partial charge in [0.15, 0.2) is 74.8 Å². The largest absolute Gasteiger partial charge is 0.385 e. The number of halogens is 12. The molecule has 0 N–H and O–H groups in total. The van der Waals surface area contributed by atoms with Crippen molar-refractivity contribution in [1.29, 1.82) is 5.39 Å². The Balaban J connectivity index is 0.000000501. The molecule has 5 aromatic carbocycles. The summed E-state index contributed by atoms with van der Waals surface area (Å²) in [7, 11) is 0. The van der Waals surface area contributed by atoms with E-state index in [0.717, 1.165) is 0 Å². The molecule has 0 heterocycles. The standard InChI is InChI=1S/4C6H2F3.C6H5N2.Al/c4*7-4-2-1-3-5(8)6(4)9;7-8-6-4-2-1-3-5-6;/h4*2-3H;1-5H;/q;;;;+1;-1. The molecule has 0 aliphatic heterocycles. The van der Waals surface area contributed by atoms with Crippen LogP contribution in [0.4, 0.5) is 58.4 Å². The molecule has 0 fully saturated rings. The van der Waals surface area contributed by atoms with E-state index in [1.165, 1.54) is 0 Å². The quantitative estimate of drug-likeness (QED) is 0.0896. The Morgan fingerprint density at radius 3 is 0.778 bits per heavy atom. The van der Waals surface area contributed by atoms with E-state index >= 15 is 0 Å².